The van der Waals surface area contributed by atoms with E-state index in [4.69, 9.17) is 58.6 Å². The van der Waals surface area contributed by atoms with Crippen molar-refractivity contribution in [1.82, 2.24) is 20.8 Å². The molecule has 0 aliphatic rings. The van der Waals surface area contributed by atoms with Gasteiger partial charge in [-0.3, -0.25) is 20.0 Å². The van der Waals surface area contributed by atoms with Crippen molar-refractivity contribution in [2.75, 3.05) is 10.6 Å². The van der Waals surface area contributed by atoms with Crippen LogP contribution in [0.4, 0.5) is 25.8 Å². The number of nitrogens with zero attached hydrogens (tertiary/aromatic N) is 2. The molecule has 0 unspecified atom stereocenters. The van der Waals surface area contributed by atoms with Crippen molar-refractivity contribution in [2.24, 2.45) is 4.99 Å². The van der Waals surface area contributed by atoms with Crippen LogP contribution >= 0.6 is 58.6 Å². The van der Waals surface area contributed by atoms with Gasteiger partial charge in [-0.2, -0.15) is 5.10 Å². The largest absolute Gasteiger partial charge is 0.332 e. The highest BCUT2D eigenvalue weighted by atomic mass is 35.5. The van der Waals surface area contributed by atoms with E-state index in [1.807, 2.05) is 6.07 Å². The molecule has 0 fully saturated rings. The third kappa shape index (κ3) is 12.8. The van der Waals surface area contributed by atoms with Gasteiger partial charge in [0, 0.05) is 36.9 Å². The Morgan fingerprint density at radius 3 is 1.74 bits per heavy atom. The Labute approximate surface area is 327 Å². The Hall–Kier alpha value is -5.11. The van der Waals surface area contributed by atoms with Crippen LogP contribution in [-0.2, 0) is 22.4 Å². The fraction of sp³-hybridized carbons (Fsp3) is 0.0541. The number of carbonyl (C=O) groups excluding carboxylic acids is 2. The lowest BCUT2D eigenvalue weighted by molar-refractivity contribution is -0.119. The van der Waals surface area contributed by atoms with Crippen LogP contribution in [-0.4, -0.2) is 33.1 Å². The van der Waals surface area contributed by atoms with Gasteiger partial charge in [-0.1, -0.05) is 70.7 Å². The monoisotopic (exact) mass is 811 g/mol. The third-order valence-corrected chi connectivity index (χ3v) is 8.12. The molecule has 6 aromatic rings. The average Bonchev–Trinajstić information content (AvgIpc) is 3.54. The predicted molar refractivity (Wildman–Crippen MR) is 212 cm³/mol. The molecule has 0 bridgehead atoms. The van der Waals surface area contributed by atoms with Gasteiger partial charge >= 0.3 is 0 Å². The number of hydrogen-bond donors (Lipinski definition) is 5. The highest BCUT2D eigenvalue weighted by Crippen LogP contribution is 2.22. The van der Waals surface area contributed by atoms with Crippen LogP contribution in [0.5, 0.6) is 0 Å². The topological polar surface area (TPSA) is 123 Å². The van der Waals surface area contributed by atoms with E-state index in [9.17, 15) is 18.4 Å². The summed E-state index contributed by atoms with van der Waals surface area (Å²) in [6.45, 7) is 0. The molecule has 0 saturated heterocycles. The quantitative estimate of drug-likeness (QED) is 0.0622. The zero-order valence-electron chi connectivity index (χ0n) is 27.2. The van der Waals surface area contributed by atoms with Crippen molar-refractivity contribution in [3.63, 3.8) is 0 Å². The van der Waals surface area contributed by atoms with Crippen LogP contribution < -0.4 is 21.3 Å². The van der Waals surface area contributed by atoms with E-state index in [0.29, 0.717) is 27.1 Å². The molecular formula is C37H27Cl4F2N7O2S. The number of nitrogens with one attached hydrogen (secondary N) is 5. The van der Waals surface area contributed by atoms with Crippen molar-refractivity contribution in [2.45, 2.75) is 12.8 Å². The van der Waals surface area contributed by atoms with E-state index in [0.717, 1.165) is 22.0 Å². The Balaban J connectivity index is 0.000000217. The van der Waals surface area contributed by atoms with Gasteiger partial charge in [0.25, 0.3) is 0 Å². The fourth-order valence-electron chi connectivity index (χ4n) is 4.68. The molecule has 5 aromatic carbocycles. The van der Waals surface area contributed by atoms with E-state index >= 15 is 0 Å². The maximum atomic E-state index is 13.8. The second-order valence-corrected chi connectivity index (χ2v) is 13.4. The Kier molecular flexibility index (Phi) is 13.7. The second kappa shape index (κ2) is 18.6. The first-order valence-electron chi connectivity index (χ1n) is 15.5. The number of aromatic amines is 1. The van der Waals surface area contributed by atoms with Crippen molar-refractivity contribution in [1.29, 1.82) is 0 Å². The predicted octanol–water partition coefficient (Wildman–Crippen LogP) is 9.66. The molecule has 0 atom stereocenters. The number of aromatic nitrogens is 2. The molecule has 16 heteroatoms. The van der Waals surface area contributed by atoms with E-state index in [1.54, 1.807) is 66.9 Å². The van der Waals surface area contributed by atoms with Gasteiger partial charge in [-0.25, -0.2) is 13.8 Å². The summed E-state index contributed by atoms with van der Waals surface area (Å²) >= 11 is 28.4. The second-order valence-electron chi connectivity index (χ2n) is 11.2. The summed E-state index contributed by atoms with van der Waals surface area (Å²) < 4.78 is 26.9. The number of rotatable bonds is 7. The molecule has 5 N–H and O–H groups in total. The molecule has 0 radical (unpaired) electrons. The SMILES string of the molecule is O=C(Cc1ccc(Cl)cc1)NC(=Nc1ccc2cn[nH]c2c1)Nc1cc(F)cc(Cl)c1.O=C(Cc1ccc(Cl)cc1)NC(=S)Nc1cc(F)cc(Cl)c1. The lowest BCUT2D eigenvalue weighted by Crippen LogP contribution is -2.36. The molecule has 1 heterocycles. The standard InChI is InChI=1S/C22H16Cl2FN5O.C15H11Cl2FN2OS/c23-15-4-1-13(2-5-15)7-21(31)29-22(28-19-9-16(24)8-17(25)10-19)27-18-6-3-14-12-26-30-20(14)11-18;16-10-3-1-9(2-4-10)5-14(21)20-15(22)19-13-7-11(17)6-12(18)8-13/h1-6,8-12H,7H2,(H,26,30)(H2,27,28,29,31);1-4,6-8H,5H2,(H2,19,20,21,22). The van der Waals surface area contributed by atoms with E-state index < -0.39 is 11.6 Å². The molecule has 6 rings (SSSR count). The van der Waals surface area contributed by atoms with E-state index in [1.165, 1.54) is 36.4 Å². The average molecular weight is 814 g/mol. The van der Waals surface area contributed by atoms with Gasteiger partial charge in [0.2, 0.25) is 17.8 Å². The first kappa shape index (κ1) is 39.1. The summed E-state index contributed by atoms with van der Waals surface area (Å²) in [6.07, 6.45) is 1.97. The normalized spacial score (nSPS) is 10.9. The zero-order valence-corrected chi connectivity index (χ0v) is 31.0. The molecule has 1 aromatic heterocycles. The minimum absolute atomic E-state index is 0.0700. The first-order valence-corrected chi connectivity index (χ1v) is 17.4. The first-order chi connectivity index (χ1) is 25.4. The van der Waals surface area contributed by atoms with Crippen LogP contribution in [0.25, 0.3) is 10.9 Å². The number of guanidine groups is 1. The maximum Gasteiger partial charge on any atom is 0.231 e. The molecule has 270 valence electrons. The number of amides is 2. The third-order valence-electron chi connectivity index (χ3n) is 6.98. The van der Waals surface area contributed by atoms with Crippen LogP contribution in [0.2, 0.25) is 20.1 Å². The lowest BCUT2D eigenvalue weighted by atomic mass is 10.1. The summed E-state index contributed by atoms with van der Waals surface area (Å²) in [5, 5.41) is 20.4. The number of anilines is 2. The Morgan fingerprint density at radius 2 is 1.19 bits per heavy atom. The summed E-state index contributed by atoms with van der Waals surface area (Å²) in [4.78, 5) is 28.9. The summed E-state index contributed by atoms with van der Waals surface area (Å²) in [6, 6.07) is 27.2. The number of fused-ring (bicyclic) bond motifs is 1. The number of thiocarbonyl (C=S) groups is 1. The van der Waals surface area contributed by atoms with Crippen LogP contribution in [0, 0.1) is 11.6 Å². The van der Waals surface area contributed by atoms with Crippen molar-refractivity contribution in [3.05, 3.63) is 152 Å². The van der Waals surface area contributed by atoms with E-state index in [-0.39, 0.29) is 45.8 Å². The van der Waals surface area contributed by atoms with Crippen molar-refractivity contribution < 1.29 is 18.4 Å². The highest BCUT2D eigenvalue weighted by molar-refractivity contribution is 7.80. The molecule has 53 heavy (non-hydrogen) atoms. The minimum Gasteiger partial charge on any atom is -0.332 e. The Morgan fingerprint density at radius 1 is 0.660 bits per heavy atom. The number of carbonyl (C=O) groups is 2. The van der Waals surface area contributed by atoms with Gasteiger partial charge in [-0.15, -0.1) is 0 Å². The molecule has 0 aliphatic carbocycles. The lowest BCUT2D eigenvalue weighted by Gasteiger charge is -2.12. The zero-order chi connectivity index (χ0) is 37.9. The maximum absolute atomic E-state index is 13.8. The number of aliphatic imine (C=N–C) groups is 1. The Bertz CT molecular complexity index is 2250. The molecule has 0 aliphatic heterocycles. The molecule has 0 saturated carbocycles. The van der Waals surface area contributed by atoms with Crippen molar-refractivity contribution >= 4 is 109 Å². The smallest absolute Gasteiger partial charge is 0.231 e. The van der Waals surface area contributed by atoms with Gasteiger partial charge in [-0.05, 0) is 102 Å². The molecule has 2 amide bonds. The number of H-pyrrole nitrogens is 1. The minimum atomic E-state index is -0.513. The van der Waals surface area contributed by atoms with Gasteiger partial charge in [0.15, 0.2) is 5.11 Å². The molecule has 9 nitrogen and oxygen atoms in total. The van der Waals surface area contributed by atoms with Gasteiger partial charge in [0.05, 0.1) is 30.2 Å². The summed E-state index contributed by atoms with van der Waals surface area (Å²) in [5.74, 6) is -1.48. The molecule has 0 spiro atoms. The van der Waals surface area contributed by atoms with Crippen LogP contribution in [0.1, 0.15) is 11.1 Å². The number of benzene rings is 5. The van der Waals surface area contributed by atoms with Gasteiger partial charge < -0.3 is 16.0 Å². The number of halogens is 6. The van der Waals surface area contributed by atoms with Crippen LogP contribution in [0.15, 0.2) is 114 Å². The molecular weight excluding hydrogens is 786 g/mol. The van der Waals surface area contributed by atoms with E-state index in [2.05, 4.69) is 36.5 Å². The van der Waals surface area contributed by atoms with Crippen molar-refractivity contribution in [3.8, 4) is 0 Å². The van der Waals surface area contributed by atoms with Gasteiger partial charge in [0.1, 0.15) is 11.6 Å². The fourth-order valence-corrected chi connectivity index (χ4v) is 5.61. The summed E-state index contributed by atoms with van der Waals surface area (Å²) in [5.41, 5.74) is 3.66. The summed E-state index contributed by atoms with van der Waals surface area (Å²) in [7, 11) is 0. The van der Waals surface area contributed by atoms with Crippen LogP contribution in [0.3, 0.4) is 0 Å². The number of hydrogen-bond acceptors (Lipinski definition) is 5. The highest BCUT2D eigenvalue weighted by Gasteiger charge is 2.11.